The van der Waals surface area contributed by atoms with Crippen molar-refractivity contribution in [2.45, 2.75) is 13.3 Å². The third-order valence-corrected chi connectivity index (χ3v) is 4.94. The van der Waals surface area contributed by atoms with E-state index in [0.29, 0.717) is 23.1 Å². The zero-order valence-corrected chi connectivity index (χ0v) is 15.0. The number of nitrogens with zero attached hydrogens (tertiary/aromatic N) is 3. The average Bonchev–Trinajstić information content (AvgIpc) is 3.10. The normalized spacial score (nSPS) is 12.8. The lowest BCUT2D eigenvalue weighted by atomic mass is 10.2. The second kappa shape index (κ2) is 6.77. The molecule has 0 atom stereocenters. The van der Waals surface area contributed by atoms with Crippen LogP contribution in [0.25, 0.3) is 0 Å². The van der Waals surface area contributed by atoms with E-state index in [1.165, 1.54) is 11.8 Å². The van der Waals surface area contributed by atoms with Gasteiger partial charge >= 0.3 is 0 Å². The van der Waals surface area contributed by atoms with Crippen LogP contribution in [0.4, 0.5) is 17.2 Å². The molecule has 2 heterocycles. The predicted octanol–water partition coefficient (Wildman–Crippen LogP) is 4.38. The van der Waals surface area contributed by atoms with Gasteiger partial charge in [0.25, 0.3) is 5.91 Å². The lowest BCUT2D eigenvalue weighted by molar-refractivity contribution is 0.0984. The zero-order valence-electron chi connectivity index (χ0n) is 14.2. The molecule has 0 saturated heterocycles. The van der Waals surface area contributed by atoms with E-state index >= 15 is 0 Å². The number of anilines is 3. The molecule has 1 aromatic heterocycles. The second-order valence-electron chi connectivity index (χ2n) is 6.16. The molecule has 0 fully saturated rings. The molecule has 1 aliphatic heterocycles. The number of aromatic nitrogens is 2. The minimum Gasteiger partial charge on any atom is -0.339 e. The summed E-state index contributed by atoms with van der Waals surface area (Å²) in [5.41, 5.74) is 4.26. The summed E-state index contributed by atoms with van der Waals surface area (Å²) in [5.74, 6) is 0.432. The van der Waals surface area contributed by atoms with Gasteiger partial charge in [-0.05, 0) is 42.7 Å². The highest BCUT2D eigenvalue weighted by Gasteiger charge is 2.26. The van der Waals surface area contributed by atoms with Gasteiger partial charge in [-0.25, -0.2) is 9.97 Å². The molecule has 1 N–H and O–H groups in total. The van der Waals surface area contributed by atoms with Crippen molar-refractivity contribution in [1.29, 1.82) is 0 Å². The van der Waals surface area contributed by atoms with Gasteiger partial charge in [0.2, 0.25) is 0 Å². The highest BCUT2D eigenvalue weighted by Crippen LogP contribution is 2.29. The van der Waals surface area contributed by atoms with Crippen molar-refractivity contribution in [2.75, 3.05) is 16.8 Å². The number of para-hydroxylation sites is 1. The first-order valence-electron chi connectivity index (χ1n) is 8.37. The van der Waals surface area contributed by atoms with Crippen LogP contribution in [0, 0.1) is 6.92 Å². The predicted molar refractivity (Wildman–Crippen MR) is 103 cm³/mol. The summed E-state index contributed by atoms with van der Waals surface area (Å²) in [6, 6.07) is 13.6. The summed E-state index contributed by atoms with van der Waals surface area (Å²) in [7, 11) is 0. The molecule has 0 radical (unpaired) electrons. The molecule has 2 aromatic carbocycles. The van der Waals surface area contributed by atoms with Gasteiger partial charge in [0.05, 0.1) is 12.4 Å². The van der Waals surface area contributed by atoms with E-state index in [0.717, 1.165) is 23.4 Å². The van der Waals surface area contributed by atoms with E-state index in [4.69, 9.17) is 11.6 Å². The molecule has 4 rings (SSSR count). The van der Waals surface area contributed by atoms with Crippen LogP contribution < -0.4 is 10.2 Å². The molecule has 0 spiro atoms. The molecule has 26 heavy (non-hydrogen) atoms. The third-order valence-electron chi connectivity index (χ3n) is 4.53. The minimum absolute atomic E-state index is 0.132. The highest BCUT2D eigenvalue weighted by atomic mass is 35.5. The number of hydrogen-bond donors (Lipinski definition) is 1. The molecule has 130 valence electrons. The van der Waals surface area contributed by atoms with Gasteiger partial charge < -0.3 is 10.2 Å². The summed E-state index contributed by atoms with van der Waals surface area (Å²) >= 11 is 6.13. The molecule has 0 bridgehead atoms. The van der Waals surface area contributed by atoms with Crippen molar-refractivity contribution >= 4 is 34.7 Å². The minimum atomic E-state index is -0.132. The standard InChI is InChI=1S/C20H17ClN4O/c1-13-15(21)6-4-7-16(13)24-19-12-22-17(11-23-19)20(26)25-10-9-14-5-2-3-8-18(14)25/h2-8,11-12H,9-10H2,1H3,(H,23,24). The Kier molecular flexibility index (Phi) is 4.31. The van der Waals surface area contributed by atoms with Crippen molar-refractivity contribution in [3.05, 3.63) is 76.7 Å². The molecule has 3 aromatic rings. The van der Waals surface area contributed by atoms with E-state index < -0.39 is 0 Å². The smallest absolute Gasteiger partial charge is 0.278 e. The largest absolute Gasteiger partial charge is 0.339 e. The van der Waals surface area contributed by atoms with Crippen molar-refractivity contribution in [1.82, 2.24) is 9.97 Å². The van der Waals surface area contributed by atoms with Gasteiger partial charge in [0.15, 0.2) is 0 Å². The van der Waals surface area contributed by atoms with Gasteiger partial charge in [-0.2, -0.15) is 0 Å². The van der Waals surface area contributed by atoms with Crippen LogP contribution in [0.5, 0.6) is 0 Å². The van der Waals surface area contributed by atoms with Gasteiger partial charge in [0, 0.05) is 22.9 Å². The second-order valence-corrected chi connectivity index (χ2v) is 6.57. The lowest BCUT2D eigenvalue weighted by Crippen LogP contribution is -2.29. The van der Waals surface area contributed by atoms with Crippen molar-refractivity contribution in [3.63, 3.8) is 0 Å². The van der Waals surface area contributed by atoms with Crippen molar-refractivity contribution in [2.24, 2.45) is 0 Å². The SMILES string of the molecule is Cc1c(Cl)cccc1Nc1cnc(C(=O)N2CCc3ccccc32)cn1. The number of carbonyl (C=O) groups excluding carboxylic acids is 1. The van der Waals surface area contributed by atoms with Crippen molar-refractivity contribution in [3.8, 4) is 0 Å². The fourth-order valence-corrected chi connectivity index (χ4v) is 3.25. The van der Waals surface area contributed by atoms with Crippen LogP contribution in [0.3, 0.4) is 0 Å². The Morgan fingerprint density at radius 3 is 2.77 bits per heavy atom. The Morgan fingerprint density at radius 2 is 1.96 bits per heavy atom. The summed E-state index contributed by atoms with van der Waals surface area (Å²) in [6.07, 6.45) is 3.93. The monoisotopic (exact) mass is 364 g/mol. The molecule has 0 unspecified atom stereocenters. The Bertz CT molecular complexity index is 972. The highest BCUT2D eigenvalue weighted by molar-refractivity contribution is 6.31. The third kappa shape index (κ3) is 3.02. The number of carbonyl (C=O) groups is 1. The number of rotatable bonds is 3. The Hall–Kier alpha value is -2.92. The van der Waals surface area contributed by atoms with Gasteiger partial charge in [-0.1, -0.05) is 35.9 Å². The molecule has 0 aliphatic carbocycles. The molecule has 5 nitrogen and oxygen atoms in total. The molecule has 1 amide bonds. The van der Waals surface area contributed by atoms with Gasteiger partial charge in [-0.3, -0.25) is 4.79 Å². The van der Waals surface area contributed by atoms with E-state index in [9.17, 15) is 4.79 Å². The van der Waals surface area contributed by atoms with E-state index in [2.05, 4.69) is 21.4 Å². The van der Waals surface area contributed by atoms with Gasteiger partial charge in [-0.15, -0.1) is 0 Å². The number of fused-ring (bicyclic) bond motifs is 1. The maximum absolute atomic E-state index is 12.8. The Labute approximate surface area is 156 Å². The van der Waals surface area contributed by atoms with Crippen LogP contribution in [0.1, 0.15) is 21.6 Å². The number of nitrogens with one attached hydrogen (secondary N) is 1. The van der Waals surface area contributed by atoms with E-state index in [1.54, 1.807) is 11.1 Å². The zero-order chi connectivity index (χ0) is 18.1. The van der Waals surface area contributed by atoms with Crippen LogP contribution in [0.2, 0.25) is 5.02 Å². The Balaban J connectivity index is 1.53. The first-order valence-corrected chi connectivity index (χ1v) is 8.75. The average molecular weight is 365 g/mol. The topological polar surface area (TPSA) is 58.1 Å². The number of amides is 1. The quantitative estimate of drug-likeness (QED) is 0.749. The molecule has 1 aliphatic rings. The maximum atomic E-state index is 12.8. The summed E-state index contributed by atoms with van der Waals surface area (Å²) in [5, 5.41) is 3.86. The fraction of sp³-hybridized carbons (Fsp3) is 0.150. The van der Waals surface area contributed by atoms with E-state index in [-0.39, 0.29) is 5.91 Å². The molecule has 0 saturated carbocycles. The van der Waals surface area contributed by atoms with Crippen LogP contribution >= 0.6 is 11.6 Å². The van der Waals surface area contributed by atoms with Crippen LogP contribution in [-0.2, 0) is 6.42 Å². The van der Waals surface area contributed by atoms with Crippen molar-refractivity contribution < 1.29 is 4.79 Å². The number of hydrogen-bond acceptors (Lipinski definition) is 4. The molecule has 6 heteroatoms. The van der Waals surface area contributed by atoms with E-state index in [1.807, 2.05) is 43.3 Å². The van der Waals surface area contributed by atoms with Crippen LogP contribution in [-0.4, -0.2) is 22.4 Å². The lowest BCUT2D eigenvalue weighted by Gasteiger charge is -2.16. The molecular formula is C20H17ClN4O. The van der Waals surface area contributed by atoms with Gasteiger partial charge in [0.1, 0.15) is 11.5 Å². The number of halogens is 1. The maximum Gasteiger partial charge on any atom is 0.278 e. The first-order chi connectivity index (χ1) is 12.6. The summed E-state index contributed by atoms with van der Waals surface area (Å²) < 4.78 is 0. The fourth-order valence-electron chi connectivity index (χ4n) is 3.07. The molecular weight excluding hydrogens is 348 g/mol. The Morgan fingerprint density at radius 1 is 1.12 bits per heavy atom. The first kappa shape index (κ1) is 16.5. The van der Waals surface area contributed by atoms with Crippen LogP contribution in [0.15, 0.2) is 54.9 Å². The number of benzene rings is 2. The summed E-state index contributed by atoms with van der Waals surface area (Å²) in [4.78, 5) is 23.1. The summed E-state index contributed by atoms with van der Waals surface area (Å²) in [6.45, 7) is 2.60.